The van der Waals surface area contributed by atoms with Crippen LogP contribution >= 0.6 is 0 Å². The molecule has 0 radical (unpaired) electrons. The summed E-state index contributed by atoms with van der Waals surface area (Å²) < 4.78 is 16.9. The average molecular weight is 493 g/mol. The number of aryl methyl sites for hydroxylation is 1. The molecule has 8 heteroatoms. The van der Waals surface area contributed by atoms with Crippen molar-refractivity contribution in [1.29, 1.82) is 0 Å². The van der Waals surface area contributed by atoms with Crippen LogP contribution in [-0.4, -0.2) is 67.4 Å². The van der Waals surface area contributed by atoms with Crippen LogP contribution in [0.3, 0.4) is 0 Å². The van der Waals surface area contributed by atoms with E-state index in [0.29, 0.717) is 46.0 Å². The van der Waals surface area contributed by atoms with Gasteiger partial charge in [-0.3, -0.25) is 0 Å². The topological polar surface area (TPSA) is 93.0 Å². The van der Waals surface area contributed by atoms with Crippen molar-refractivity contribution >= 4 is 16.9 Å². The Morgan fingerprint density at radius 2 is 2.00 bits per heavy atom. The normalized spacial score (nSPS) is 17.8. The number of carbonyl (C=O) groups excluding carboxylic acids is 1. The van der Waals surface area contributed by atoms with Crippen LogP contribution in [0.4, 0.5) is 4.79 Å². The maximum absolute atomic E-state index is 13.7. The molecule has 3 N–H and O–H groups in total. The zero-order valence-corrected chi connectivity index (χ0v) is 21.2. The predicted octanol–water partition coefficient (Wildman–Crippen LogP) is 4.02. The quantitative estimate of drug-likeness (QED) is 0.520. The number of hydrogen-bond acceptors (Lipinski definition) is 5. The van der Waals surface area contributed by atoms with Crippen LogP contribution in [0, 0.1) is 0 Å². The standard InChI is InChI=1S/C28H36N4O4/c1-3-36-27-16-24-19(14-21(27)17-29)8-9-32(28(33)31-10-12-35-13-11-31)26(24)7-4-20-18-30-25-6-5-22(34-2)15-23(20)25/h5-6,14-16,18,26,30H,3-4,7-13,17,29H2,1-2H3. The van der Waals surface area contributed by atoms with Crippen LogP contribution in [0.5, 0.6) is 11.5 Å². The lowest BCUT2D eigenvalue weighted by Crippen LogP contribution is -2.51. The first kappa shape index (κ1) is 24.5. The molecule has 2 aromatic carbocycles. The first-order valence-electron chi connectivity index (χ1n) is 12.9. The van der Waals surface area contributed by atoms with E-state index < -0.39 is 0 Å². The number of rotatable bonds is 7. The second-order valence-corrected chi connectivity index (χ2v) is 9.40. The highest BCUT2D eigenvalue weighted by molar-refractivity contribution is 5.84. The zero-order valence-electron chi connectivity index (χ0n) is 21.2. The third kappa shape index (κ3) is 4.75. The number of aromatic nitrogens is 1. The number of nitrogens with two attached hydrogens (primary N) is 1. The minimum Gasteiger partial charge on any atom is -0.497 e. The summed E-state index contributed by atoms with van der Waals surface area (Å²) >= 11 is 0. The summed E-state index contributed by atoms with van der Waals surface area (Å²) in [6.45, 7) is 6.12. The van der Waals surface area contributed by atoms with Crippen molar-refractivity contribution < 1.29 is 19.0 Å². The Morgan fingerprint density at radius 3 is 2.75 bits per heavy atom. The second-order valence-electron chi connectivity index (χ2n) is 9.40. The zero-order chi connectivity index (χ0) is 25.1. The van der Waals surface area contributed by atoms with Crippen LogP contribution < -0.4 is 15.2 Å². The highest BCUT2D eigenvalue weighted by Gasteiger charge is 2.34. The van der Waals surface area contributed by atoms with Crippen molar-refractivity contribution in [3.8, 4) is 11.5 Å². The number of ether oxygens (including phenoxy) is 3. The fourth-order valence-corrected chi connectivity index (χ4v) is 5.49. The molecule has 1 atom stereocenters. The number of benzene rings is 2. The maximum atomic E-state index is 13.7. The van der Waals surface area contributed by atoms with Crippen LogP contribution in [0.25, 0.3) is 10.9 Å². The van der Waals surface area contributed by atoms with Crippen molar-refractivity contribution in [3.05, 3.63) is 58.8 Å². The monoisotopic (exact) mass is 492 g/mol. The summed E-state index contributed by atoms with van der Waals surface area (Å²) in [5.41, 5.74) is 11.8. The van der Waals surface area contributed by atoms with E-state index in [1.165, 1.54) is 16.7 Å². The lowest BCUT2D eigenvalue weighted by atomic mass is 9.87. The predicted molar refractivity (Wildman–Crippen MR) is 140 cm³/mol. The minimum absolute atomic E-state index is 0.0503. The number of amides is 2. The number of nitrogens with zero attached hydrogens (tertiary/aromatic N) is 2. The molecule has 0 saturated carbocycles. The Bertz CT molecular complexity index is 1220. The Morgan fingerprint density at radius 1 is 1.17 bits per heavy atom. The van der Waals surface area contributed by atoms with Gasteiger partial charge in [-0.1, -0.05) is 6.07 Å². The summed E-state index contributed by atoms with van der Waals surface area (Å²) in [4.78, 5) is 21.1. The molecule has 2 aliphatic heterocycles. The molecule has 36 heavy (non-hydrogen) atoms. The van der Waals surface area contributed by atoms with Gasteiger partial charge in [-0.15, -0.1) is 0 Å². The molecule has 3 aromatic rings. The Labute approximate surface area is 212 Å². The number of methoxy groups -OCH3 is 1. The molecule has 1 saturated heterocycles. The van der Waals surface area contributed by atoms with Gasteiger partial charge in [0.25, 0.3) is 0 Å². The summed E-state index contributed by atoms with van der Waals surface area (Å²) in [6.07, 6.45) is 4.52. The van der Waals surface area contributed by atoms with Crippen molar-refractivity contribution in [1.82, 2.24) is 14.8 Å². The summed E-state index contributed by atoms with van der Waals surface area (Å²) in [5, 5.41) is 1.16. The van der Waals surface area contributed by atoms with Crippen LogP contribution in [0.2, 0.25) is 0 Å². The van der Waals surface area contributed by atoms with E-state index in [-0.39, 0.29) is 12.1 Å². The first-order chi connectivity index (χ1) is 17.6. The first-order valence-corrected chi connectivity index (χ1v) is 12.9. The van der Waals surface area contributed by atoms with Gasteiger partial charge in [-0.05, 0) is 67.1 Å². The van der Waals surface area contributed by atoms with Gasteiger partial charge in [0.1, 0.15) is 11.5 Å². The Hall–Kier alpha value is -3.23. The molecule has 3 heterocycles. The molecule has 0 bridgehead atoms. The summed E-state index contributed by atoms with van der Waals surface area (Å²) in [6, 6.07) is 10.4. The van der Waals surface area contributed by atoms with E-state index in [4.69, 9.17) is 19.9 Å². The Balaban J connectivity index is 1.48. The summed E-state index contributed by atoms with van der Waals surface area (Å²) in [7, 11) is 1.69. The fourth-order valence-electron chi connectivity index (χ4n) is 5.49. The third-order valence-corrected chi connectivity index (χ3v) is 7.39. The van der Waals surface area contributed by atoms with Gasteiger partial charge in [-0.25, -0.2) is 4.79 Å². The van der Waals surface area contributed by atoms with Crippen LogP contribution in [-0.2, 0) is 24.1 Å². The largest absolute Gasteiger partial charge is 0.497 e. The summed E-state index contributed by atoms with van der Waals surface area (Å²) in [5.74, 6) is 1.66. The number of fused-ring (bicyclic) bond motifs is 2. The second kappa shape index (κ2) is 10.8. The highest BCUT2D eigenvalue weighted by atomic mass is 16.5. The number of carbonyl (C=O) groups is 1. The van der Waals surface area contributed by atoms with E-state index in [1.807, 2.05) is 24.0 Å². The van der Waals surface area contributed by atoms with Crippen molar-refractivity contribution in [2.75, 3.05) is 46.6 Å². The van der Waals surface area contributed by atoms with Gasteiger partial charge >= 0.3 is 6.03 Å². The molecule has 192 valence electrons. The van der Waals surface area contributed by atoms with Gasteiger partial charge in [-0.2, -0.15) is 0 Å². The lowest BCUT2D eigenvalue weighted by molar-refractivity contribution is 0.0376. The molecule has 1 fully saturated rings. The lowest BCUT2D eigenvalue weighted by Gasteiger charge is -2.41. The SMILES string of the molecule is CCOc1cc2c(cc1CN)CCN(C(=O)N1CCOCC1)C2CCc1c[nH]c2ccc(OC)cc12. The molecule has 2 amide bonds. The van der Waals surface area contributed by atoms with Gasteiger partial charge in [0.05, 0.1) is 33.0 Å². The highest BCUT2D eigenvalue weighted by Crippen LogP contribution is 2.38. The van der Waals surface area contributed by atoms with Crippen molar-refractivity contribution in [3.63, 3.8) is 0 Å². The van der Waals surface area contributed by atoms with Crippen molar-refractivity contribution in [2.24, 2.45) is 5.73 Å². The number of aromatic amines is 1. The molecule has 0 spiro atoms. The molecule has 1 unspecified atom stereocenters. The number of urea groups is 1. The van der Waals surface area contributed by atoms with E-state index in [0.717, 1.165) is 47.2 Å². The number of H-pyrrole nitrogens is 1. The number of nitrogens with one attached hydrogen (secondary N) is 1. The number of morpholine rings is 1. The van der Waals surface area contributed by atoms with Gasteiger partial charge in [0, 0.05) is 48.8 Å². The average Bonchev–Trinajstić information content (AvgIpc) is 3.33. The van der Waals surface area contributed by atoms with Gasteiger partial charge < -0.3 is 34.7 Å². The molecule has 1 aromatic heterocycles. The van der Waals surface area contributed by atoms with E-state index in [9.17, 15) is 4.79 Å². The van der Waals surface area contributed by atoms with E-state index >= 15 is 0 Å². The van der Waals surface area contributed by atoms with Crippen LogP contribution in [0.1, 0.15) is 41.6 Å². The molecule has 2 aliphatic rings. The third-order valence-electron chi connectivity index (χ3n) is 7.39. The van der Waals surface area contributed by atoms with Crippen molar-refractivity contribution in [2.45, 2.75) is 38.8 Å². The van der Waals surface area contributed by atoms with E-state index in [2.05, 4.69) is 34.3 Å². The Kier molecular flexibility index (Phi) is 7.34. The smallest absolute Gasteiger partial charge is 0.320 e. The number of hydrogen-bond donors (Lipinski definition) is 2. The minimum atomic E-state index is -0.0503. The molecular weight excluding hydrogens is 456 g/mol. The van der Waals surface area contributed by atoms with Gasteiger partial charge in [0.2, 0.25) is 0 Å². The van der Waals surface area contributed by atoms with Crippen LogP contribution in [0.15, 0.2) is 36.5 Å². The van der Waals surface area contributed by atoms with Gasteiger partial charge in [0.15, 0.2) is 0 Å². The molecule has 8 nitrogen and oxygen atoms in total. The van der Waals surface area contributed by atoms with E-state index in [1.54, 1.807) is 7.11 Å². The maximum Gasteiger partial charge on any atom is 0.320 e. The molecule has 5 rings (SSSR count). The molecular formula is C28H36N4O4. The fraction of sp³-hybridized carbons (Fsp3) is 0.464. The molecule has 0 aliphatic carbocycles.